The molecule has 1 fully saturated rings. The Balaban J connectivity index is 1.66. The normalized spacial score (nSPS) is 16.2. The number of nitrogens with zero attached hydrogens (tertiary/aromatic N) is 1. The van der Waals surface area contributed by atoms with E-state index >= 15 is 0 Å². The Hall–Kier alpha value is -1.24. The number of hydrogen-bond acceptors (Lipinski definition) is 3. The number of rotatable bonds is 7. The van der Waals surface area contributed by atoms with Crippen molar-refractivity contribution in [1.29, 1.82) is 0 Å². The average molecular weight is 426 g/mol. The highest BCUT2D eigenvalue weighted by molar-refractivity contribution is 7.82. The SMILES string of the molecule is O=C(COCc1cc(S(=O)N2CCCCC2)c(Cl)cc1Cl)c1ccccc1. The molecule has 0 saturated carbocycles. The molecule has 0 spiro atoms. The predicted octanol–water partition coefficient (Wildman–Crippen LogP) is 4.90. The zero-order chi connectivity index (χ0) is 19.2. The molecule has 0 amide bonds. The quantitative estimate of drug-likeness (QED) is 0.592. The van der Waals surface area contributed by atoms with Gasteiger partial charge in [-0.2, -0.15) is 0 Å². The zero-order valence-corrected chi connectivity index (χ0v) is 17.2. The number of ether oxygens (including phenoxy) is 1. The molecule has 2 aromatic rings. The predicted molar refractivity (Wildman–Crippen MR) is 109 cm³/mol. The molecule has 0 bridgehead atoms. The Morgan fingerprint density at radius 3 is 2.44 bits per heavy atom. The summed E-state index contributed by atoms with van der Waals surface area (Å²) < 4.78 is 20.3. The van der Waals surface area contributed by atoms with E-state index in [-0.39, 0.29) is 19.0 Å². The molecule has 4 nitrogen and oxygen atoms in total. The summed E-state index contributed by atoms with van der Waals surface area (Å²) in [6, 6.07) is 12.3. The van der Waals surface area contributed by atoms with Crippen molar-refractivity contribution >= 4 is 40.0 Å². The molecule has 1 aliphatic rings. The van der Waals surface area contributed by atoms with E-state index in [1.54, 1.807) is 24.3 Å². The van der Waals surface area contributed by atoms with Crippen LogP contribution in [0.3, 0.4) is 0 Å². The molecule has 27 heavy (non-hydrogen) atoms. The second-order valence-electron chi connectivity index (χ2n) is 6.39. The van der Waals surface area contributed by atoms with Crippen molar-refractivity contribution in [3.8, 4) is 0 Å². The number of carbonyl (C=O) groups is 1. The summed E-state index contributed by atoms with van der Waals surface area (Å²) in [5, 5.41) is 0.819. The summed E-state index contributed by atoms with van der Waals surface area (Å²) in [6.45, 7) is 1.69. The first-order valence-electron chi connectivity index (χ1n) is 8.87. The summed E-state index contributed by atoms with van der Waals surface area (Å²) in [4.78, 5) is 12.7. The lowest BCUT2D eigenvalue weighted by Gasteiger charge is -2.25. The maximum absolute atomic E-state index is 12.9. The van der Waals surface area contributed by atoms with Crippen molar-refractivity contribution in [2.24, 2.45) is 0 Å². The van der Waals surface area contributed by atoms with E-state index in [0.717, 1.165) is 32.4 Å². The fraction of sp³-hybridized carbons (Fsp3) is 0.350. The molecule has 7 heteroatoms. The van der Waals surface area contributed by atoms with Gasteiger partial charge in [-0.05, 0) is 30.5 Å². The highest BCUT2D eigenvalue weighted by Gasteiger charge is 2.21. The lowest BCUT2D eigenvalue weighted by atomic mass is 10.1. The minimum Gasteiger partial charge on any atom is -0.369 e. The lowest BCUT2D eigenvalue weighted by molar-refractivity contribution is 0.0726. The number of carbonyl (C=O) groups excluding carboxylic acids is 1. The third-order valence-corrected chi connectivity index (χ3v) is 6.75. The van der Waals surface area contributed by atoms with Crippen LogP contribution in [0, 0.1) is 0 Å². The summed E-state index contributed by atoms with van der Waals surface area (Å²) in [5.41, 5.74) is 1.27. The fourth-order valence-electron chi connectivity index (χ4n) is 2.95. The second-order valence-corrected chi connectivity index (χ2v) is 8.66. The van der Waals surface area contributed by atoms with Gasteiger partial charge in [0.1, 0.15) is 17.6 Å². The van der Waals surface area contributed by atoms with Gasteiger partial charge in [0.05, 0.1) is 16.5 Å². The molecule has 1 saturated heterocycles. The maximum atomic E-state index is 12.9. The van der Waals surface area contributed by atoms with E-state index < -0.39 is 11.0 Å². The van der Waals surface area contributed by atoms with Crippen LogP contribution in [0.4, 0.5) is 0 Å². The molecule has 1 atom stereocenters. The topological polar surface area (TPSA) is 46.6 Å². The molecular formula is C20H21Cl2NO3S. The summed E-state index contributed by atoms with van der Waals surface area (Å²) in [7, 11) is -1.32. The number of hydrogen-bond donors (Lipinski definition) is 0. The zero-order valence-electron chi connectivity index (χ0n) is 14.8. The van der Waals surface area contributed by atoms with E-state index in [1.165, 1.54) is 0 Å². The standard InChI is InChI=1S/C20H21Cl2NO3S/c21-17-12-18(22)20(27(25)23-9-5-2-6-10-23)11-16(17)13-26-14-19(24)15-7-3-1-4-8-15/h1,3-4,7-8,11-12H,2,5-6,9-10,13-14H2. The van der Waals surface area contributed by atoms with Gasteiger partial charge in [-0.3, -0.25) is 4.79 Å². The Morgan fingerprint density at radius 1 is 1.04 bits per heavy atom. The Bertz CT molecular complexity index is 823. The Labute approximate surface area is 172 Å². The smallest absolute Gasteiger partial charge is 0.188 e. The molecule has 2 aromatic carbocycles. The van der Waals surface area contributed by atoms with Crippen LogP contribution in [-0.4, -0.2) is 34.0 Å². The van der Waals surface area contributed by atoms with Gasteiger partial charge < -0.3 is 4.74 Å². The molecule has 1 heterocycles. The molecule has 144 valence electrons. The highest BCUT2D eigenvalue weighted by atomic mass is 35.5. The van der Waals surface area contributed by atoms with Crippen LogP contribution >= 0.6 is 23.2 Å². The van der Waals surface area contributed by atoms with Crippen molar-refractivity contribution in [2.75, 3.05) is 19.7 Å². The van der Waals surface area contributed by atoms with Crippen molar-refractivity contribution < 1.29 is 13.7 Å². The minimum atomic E-state index is -1.32. The highest BCUT2D eigenvalue weighted by Crippen LogP contribution is 2.30. The van der Waals surface area contributed by atoms with Gasteiger partial charge in [0.25, 0.3) is 0 Å². The monoisotopic (exact) mass is 425 g/mol. The van der Waals surface area contributed by atoms with Gasteiger partial charge in [-0.15, -0.1) is 0 Å². The summed E-state index contributed by atoms with van der Waals surface area (Å²) in [5.74, 6) is -0.0993. The van der Waals surface area contributed by atoms with Crippen LogP contribution in [-0.2, 0) is 22.3 Å². The van der Waals surface area contributed by atoms with Crippen molar-refractivity contribution in [1.82, 2.24) is 4.31 Å². The van der Waals surface area contributed by atoms with Crippen LogP contribution in [0.15, 0.2) is 47.4 Å². The Morgan fingerprint density at radius 2 is 1.74 bits per heavy atom. The van der Waals surface area contributed by atoms with E-state index in [2.05, 4.69) is 0 Å². The molecule has 3 rings (SSSR count). The fourth-order valence-corrected chi connectivity index (χ4v) is 4.92. The van der Waals surface area contributed by atoms with Crippen LogP contribution < -0.4 is 0 Å². The third kappa shape index (κ3) is 5.39. The summed E-state index contributed by atoms with van der Waals surface area (Å²) in [6.07, 6.45) is 3.24. The van der Waals surface area contributed by atoms with Gasteiger partial charge in [0, 0.05) is 23.7 Å². The van der Waals surface area contributed by atoms with Crippen LogP contribution in [0.1, 0.15) is 35.2 Å². The Kier molecular flexibility index (Phi) is 7.44. The average Bonchev–Trinajstić information content (AvgIpc) is 2.70. The molecule has 0 aliphatic carbocycles. The van der Waals surface area contributed by atoms with E-state index in [4.69, 9.17) is 27.9 Å². The number of benzene rings is 2. The number of halogens is 2. The van der Waals surface area contributed by atoms with Gasteiger partial charge in [-0.25, -0.2) is 8.51 Å². The molecular weight excluding hydrogens is 405 g/mol. The van der Waals surface area contributed by atoms with E-state index in [1.807, 2.05) is 22.5 Å². The first-order valence-corrected chi connectivity index (χ1v) is 10.7. The van der Waals surface area contributed by atoms with Crippen molar-refractivity contribution in [3.63, 3.8) is 0 Å². The lowest BCUT2D eigenvalue weighted by Crippen LogP contribution is -2.31. The maximum Gasteiger partial charge on any atom is 0.188 e. The van der Waals surface area contributed by atoms with Crippen LogP contribution in [0.25, 0.3) is 0 Å². The van der Waals surface area contributed by atoms with Gasteiger partial charge in [0.2, 0.25) is 0 Å². The van der Waals surface area contributed by atoms with Crippen molar-refractivity contribution in [3.05, 3.63) is 63.6 Å². The van der Waals surface area contributed by atoms with Gasteiger partial charge >= 0.3 is 0 Å². The molecule has 1 unspecified atom stereocenters. The van der Waals surface area contributed by atoms with E-state index in [0.29, 0.717) is 26.1 Å². The molecule has 1 aliphatic heterocycles. The number of Topliss-reactive ketones (excluding diaryl/α,β-unsaturated/α-hetero) is 1. The number of piperidine rings is 1. The van der Waals surface area contributed by atoms with Crippen LogP contribution in [0.2, 0.25) is 10.0 Å². The van der Waals surface area contributed by atoms with Crippen LogP contribution in [0.5, 0.6) is 0 Å². The van der Waals surface area contributed by atoms with Gasteiger partial charge in [0.15, 0.2) is 5.78 Å². The third-order valence-electron chi connectivity index (χ3n) is 4.43. The van der Waals surface area contributed by atoms with Crippen molar-refractivity contribution in [2.45, 2.75) is 30.8 Å². The summed E-state index contributed by atoms with van der Waals surface area (Å²) >= 11 is 12.5. The van der Waals surface area contributed by atoms with E-state index in [9.17, 15) is 9.00 Å². The minimum absolute atomic E-state index is 0.0481. The molecule has 0 aromatic heterocycles. The molecule has 0 N–H and O–H groups in total. The molecule has 0 radical (unpaired) electrons. The second kappa shape index (κ2) is 9.80. The number of ketones is 1. The first kappa shape index (κ1) is 20.5. The van der Waals surface area contributed by atoms with Gasteiger partial charge in [-0.1, -0.05) is 60.0 Å². The first-order chi connectivity index (χ1) is 13.1. The largest absolute Gasteiger partial charge is 0.369 e.